The van der Waals surface area contributed by atoms with E-state index in [1.54, 1.807) is 0 Å². The zero-order valence-electron chi connectivity index (χ0n) is 64.9. The van der Waals surface area contributed by atoms with Crippen LogP contribution in [0.15, 0.2) is 60.7 Å². The third kappa shape index (κ3) is 51.1. The summed E-state index contributed by atoms with van der Waals surface area (Å²) in [6.45, 7) is 36.2. The number of unbranched alkanes of at least 4 members (excludes halogenated alkanes) is 7. The number of hydrogen-bond acceptors (Lipinski definition) is 13. The Morgan fingerprint density at radius 1 is 0.485 bits per heavy atom. The molecule has 1 saturated carbocycles. The fourth-order valence-corrected chi connectivity index (χ4v) is 10.8. The number of nitrogens with one attached hydrogen (secondary N) is 5. The highest BCUT2D eigenvalue weighted by atomic mass is 32.1. The molecule has 0 atom stereocenters. The van der Waals surface area contributed by atoms with Crippen LogP contribution in [-0.4, -0.2) is 143 Å². The molecule has 9 amide bonds. The van der Waals surface area contributed by atoms with Gasteiger partial charge in [0.1, 0.15) is 11.6 Å². The molecule has 5 rings (SSSR count). The van der Waals surface area contributed by atoms with Crippen LogP contribution in [0.1, 0.15) is 263 Å². The zero-order valence-corrected chi connectivity index (χ0v) is 65.7. The summed E-state index contributed by atoms with van der Waals surface area (Å²) in [6.07, 6.45) is 32.3. The Balaban J connectivity index is 0.00000122. The number of ether oxygens (including phenoxy) is 1. The molecular weight excluding hydrogens is 1300 g/mol. The van der Waals surface area contributed by atoms with E-state index in [0.717, 1.165) is 124 Å². The quantitative estimate of drug-likeness (QED) is 0.0232. The fraction of sp³-hybridized carbons (Fsp3) is 0.700. The number of anilines is 1. The summed E-state index contributed by atoms with van der Waals surface area (Å²) >= 11 is 5.25. The molecule has 20 nitrogen and oxygen atoms in total. The molecule has 0 aromatic heterocycles. The van der Waals surface area contributed by atoms with Gasteiger partial charge in [0, 0.05) is 132 Å². The molecule has 1 aromatic carbocycles. The van der Waals surface area contributed by atoms with E-state index < -0.39 is 0 Å². The van der Waals surface area contributed by atoms with E-state index in [1.807, 2.05) is 26.0 Å². The topological polar surface area (TPSA) is 267 Å². The molecule has 1 fully saturated rings. The minimum Gasteiger partial charge on any atom is -0.379 e. The number of carbonyl (C=O) groups is 11. The number of hydrogen-bond donors (Lipinski definition) is 5. The average molecular weight is 1430 g/mol. The van der Waals surface area contributed by atoms with Crippen molar-refractivity contribution in [2.24, 2.45) is 41.4 Å². The first-order valence-corrected chi connectivity index (χ1v) is 38.4. The summed E-state index contributed by atoms with van der Waals surface area (Å²) in [6, 6.07) is 8.24. The first-order valence-electron chi connectivity index (χ1n) is 38.0. The van der Waals surface area contributed by atoms with Gasteiger partial charge in [-0.25, -0.2) is 0 Å². The molecule has 572 valence electrons. The Hall–Kier alpha value is -6.74. The summed E-state index contributed by atoms with van der Waals surface area (Å²) in [4.78, 5) is 129. The van der Waals surface area contributed by atoms with Crippen LogP contribution in [0.4, 0.5) is 5.69 Å². The normalized spacial score (nSPS) is 15.2. The van der Waals surface area contributed by atoms with Crippen molar-refractivity contribution in [3.8, 4) is 0 Å². The lowest BCUT2D eigenvalue weighted by Crippen LogP contribution is -2.38. The van der Waals surface area contributed by atoms with E-state index in [1.165, 1.54) is 112 Å². The van der Waals surface area contributed by atoms with Crippen LogP contribution in [0.3, 0.4) is 0 Å². The maximum absolute atomic E-state index is 12.2. The first-order chi connectivity index (χ1) is 47.9. The predicted octanol–water partition coefficient (Wildman–Crippen LogP) is 14.2. The Labute approximate surface area is 614 Å². The lowest BCUT2D eigenvalue weighted by Gasteiger charge is -2.30. The van der Waals surface area contributed by atoms with E-state index in [0.29, 0.717) is 74.9 Å². The second kappa shape index (κ2) is 57.7. The van der Waals surface area contributed by atoms with Crippen LogP contribution >= 0.6 is 12.2 Å². The van der Waals surface area contributed by atoms with E-state index >= 15 is 0 Å². The van der Waals surface area contributed by atoms with Crippen molar-refractivity contribution in [1.29, 1.82) is 0 Å². The van der Waals surface area contributed by atoms with Gasteiger partial charge in [0.05, 0.1) is 6.10 Å². The number of imide groups is 3. The average Bonchev–Trinajstić information content (AvgIpc) is 1.76. The summed E-state index contributed by atoms with van der Waals surface area (Å²) in [5.74, 6) is 2.16. The van der Waals surface area contributed by atoms with E-state index in [4.69, 9.17) is 17.0 Å². The molecule has 0 bridgehead atoms. The van der Waals surface area contributed by atoms with Gasteiger partial charge in [-0.1, -0.05) is 164 Å². The summed E-state index contributed by atoms with van der Waals surface area (Å²) < 4.78 is 5.34. The maximum Gasteiger partial charge on any atom is 0.253 e. The van der Waals surface area contributed by atoms with Crippen molar-refractivity contribution >= 4 is 87.7 Å². The van der Waals surface area contributed by atoms with Crippen LogP contribution in [0.5, 0.6) is 0 Å². The van der Waals surface area contributed by atoms with E-state index in [2.05, 4.69) is 122 Å². The molecule has 3 aliphatic heterocycles. The fourth-order valence-electron chi connectivity index (χ4n) is 10.5. The smallest absolute Gasteiger partial charge is 0.253 e. The SMILES string of the molecule is CC(=O)CCNC(=O)C(C)C.CC(C)CCCCCC(=O)CCN1C(=O)C=CC1=O.CC(C)CCCCNC(=O)C1CCC(CN2C(=O)C=CC2=O)CC1.CC(C)CCCCNC(=O)CCCN1C(=O)C=CC1=O.CCCCCOC(C)C.Cc1ccc(NC(=S)NCCCCC(C)C)cc1. The summed E-state index contributed by atoms with van der Waals surface area (Å²) in [5, 5.41) is 15.7. The highest BCUT2D eigenvalue weighted by molar-refractivity contribution is 7.80. The molecule has 1 aromatic rings. The Kier molecular flexibility index (Phi) is 53.9. The van der Waals surface area contributed by atoms with Crippen LogP contribution in [-0.2, 0) is 57.5 Å². The van der Waals surface area contributed by atoms with Gasteiger partial charge < -0.3 is 31.3 Å². The Morgan fingerprint density at radius 3 is 1.40 bits per heavy atom. The predicted molar refractivity (Wildman–Crippen MR) is 411 cm³/mol. The number of thiocarbonyl (C=S) groups is 1. The highest BCUT2D eigenvalue weighted by Gasteiger charge is 2.31. The molecule has 101 heavy (non-hydrogen) atoms. The molecule has 1 aliphatic carbocycles. The van der Waals surface area contributed by atoms with Crippen LogP contribution in [0.25, 0.3) is 0 Å². The van der Waals surface area contributed by atoms with Crippen molar-refractivity contribution in [2.45, 2.75) is 270 Å². The monoisotopic (exact) mass is 1430 g/mol. The number of aryl methyl sites for hydroxylation is 1. The summed E-state index contributed by atoms with van der Waals surface area (Å²) in [7, 11) is 0. The largest absolute Gasteiger partial charge is 0.379 e. The highest BCUT2D eigenvalue weighted by Crippen LogP contribution is 2.30. The maximum atomic E-state index is 12.2. The van der Waals surface area contributed by atoms with Crippen molar-refractivity contribution in [3.63, 3.8) is 0 Å². The number of carbonyl (C=O) groups excluding carboxylic acids is 11. The van der Waals surface area contributed by atoms with Gasteiger partial charge in [-0.05, 0) is 146 Å². The Morgan fingerprint density at radius 2 is 0.941 bits per heavy atom. The van der Waals surface area contributed by atoms with Gasteiger partial charge in [0.15, 0.2) is 5.11 Å². The molecule has 0 unspecified atom stereocenters. The molecule has 5 N–H and O–H groups in total. The first kappa shape index (κ1) is 94.3. The van der Waals surface area contributed by atoms with Gasteiger partial charge in [0.2, 0.25) is 17.7 Å². The third-order valence-corrected chi connectivity index (χ3v) is 17.1. The van der Waals surface area contributed by atoms with Crippen molar-refractivity contribution in [3.05, 3.63) is 66.3 Å². The van der Waals surface area contributed by atoms with Crippen molar-refractivity contribution in [2.75, 3.05) is 57.7 Å². The molecule has 21 heteroatoms. The molecular formula is C80H134N8O12S. The number of rotatable bonds is 41. The minimum absolute atomic E-state index is 0.00181. The number of benzene rings is 1. The molecule has 3 heterocycles. The zero-order chi connectivity index (χ0) is 76.1. The van der Waals surface area contributed by atoms with Gasteiger partial charge in [-0.15, -0.1) is 0 Å². The Bertz CT molecular complexity index is 2640. The van der Waals surface area contributed by atoms with Crippen LogP contribution < -0.4 is 26.6 Å². The molecule has 0 radical (unpaired) electrons. The van der Waals surface area contributed by atoms with Crippen molar-refractivity contribution < 1.29 is 57.5 Å². The molecule has 0 spiro atoms. The number of Topliss-reactive ketones (excluding diaryl/α,β-unsaturated/α-hetero) is 2. The minimum atomic E-state index is -0.310. The van der Waals surface area contributed by atoms with Crippen LogP contribution in [0, 0.1) is 48.3 Å². The molecule has 0 saturated heterocycles. The lowest BCUT2D eigenvalue weighted by molar-refractivity contribution is -0.139. The summed E-state index contributed by atoms with van der Waals surface area (Å²) in [5.41, 5.74) is 2.30. The number of ketones is 2. The number of amides is 9. The standard InChI is InChI=1S/C19H30N2O3.C15H24N2O3.C15H24N2S.C15H23NO3.C8H15NO2.C8H18O/c1-14(2)5-3-4-12-20-19(24)16-8-6-15(7-9-16)13-21-17(22)10-11-18(21)23;1-12(2)6-3-4-10-16-13(18)7-5-11-17-14(19)8-9-15(17)20;1-12(2)6-4-5-11-16-15(18)17-14-9-7-13(3)8-10-14;1-12(2)6-4-3-5-7-13(17)10-11-16-14(18)8-9-15(16)19;1-6(2)8(11)9-5-4-7(3)10;1-4-5-6-7-9-8(2)3/h10-11,14-16H,3-9,12-13H2,1-2H3,(H,20,24);8-9,12H,3-7,10-11H2,1-2H3,(H,16,18);7-10,12H,4-6,11H2,1-3H3,(H2,16,17,18);8-9,12H,3-7,10-11H2,1-2H3;6H,4-5H2,1-3H3,(H,9,11);8H,4-7H2,1-3H3. The van der Waals surface area contributed by atoms with Gasteiger partial charge >= 0.3 is 0 Å². The third-order valence-electron chi connectivity index (χ3n) is 16.8. The lowest BCUT2D eigenvalue weighted by atomic mass is 9.81. The van der Waals surface area contributed by atoms with Crippen molar-refractivity contribution in [1.82, 2.24) is 36.0 Å². The van der Waals surface area contributed by atoms with Gasteiger partial charge in [-0.2, -0.15) is 0 Å². The molecule has 4 aliphatic rings. The van der Waals surface area contributed by atoms with Gasteiger partial charge in [-0.3, -0.25) is 67.4 Å². The second-order valence-corrected chi connectivity index (χ2v) is 29.5. The van der Waals surface area contributed by atoms with Crippen LogP contribution in [0.2, 0.25) is 0 Å². The van der Waals surface area contributed by atoms with Gasteiger partial charge in [0.25, 0.3) is 35.4 Å². The second-order valence-electron chi connectivity index (χ2n) is 29.1. The van der Waals surface area contributed by atoms with E-state index in [9.17, 15) is 52.7 Å². The van der Waals surface area contributed by atoms with E-state index in [-0.39, 0.29) is 89.5 Å². The number of nitrogens with zero attached hydrogens (tertiary/aromatic N) is 3.